The summed E-state index contributed by atoms with van der Waals surface area (Å²) >= 11 is 0. The molecule has 10 N–H and O–H groups in total. The van der Waals surface area contributed by atoms with Crippen molar-refractivity contribution in [3.8, 4) is 0 Å². The number of ether oxygens (including phenoxy) is 4. The maximum Gasteiger partial charge on any atom is 0.187 e. The van der Waals surface area contributed by atoms with Crippen molar-refractivity contribution in [3.05, 3.63) is 11.6 Å². The Kier molecular flexibility index (Phi) is 12.7. The third-order valence-corrected chi connectivity index (χ3v) is 15.8. The van der Waals surface area contributed by atoms with Crippen LogP contribution in [-0.4, -0.2) is 150 Å². The van der Waals surface area contributed by atoms with Gasteiger partial charge < -0.3 is 70.0 Å². The van der Waals surface area contributed by atoms with Gasteiger partial charge in [0.25, 0.3) is 0 Å². The highest BCUT2D eigenvalue weighted by Crippen LogP contribution is 2.72. The van der Waals surface area contributed by atoms with E-state index < -0.39 is 115 Å². The average molecular weight is 787 g/mol. The third-order valence-electron chi connectivity index (χ3n) is 15.8. The number of aliphatic hydroxyl groups excluding tert-OH is 10. The summed E-state index contributed by atoms with van der Waals surface area (Å²) < 4.78 is 25.3. The summed E-state index contributed by atoms with van der Waals surface area (Å²) in [5, 5.41) is 108. The van der Waals surface area contributed by atoms with Crippen LogP contribution in [0.25, 0.3) is 0 Å². The summed E-state index contributed by atoms with van der Waals surface area (Å²) in [5.41, 5.74) is -1.31. The molecule has 4 aliphatic carbocycles. The van der Waals surface area contributed by atoms with E-state index in [1.807, 2.05) is 34.6 Å². The van der Waals surface area contributed by atoms with Crippen molar-refractivity contribution < 1.29 is 70.0 Å². The summed E-state index contributed by atoms with van der Waals surface area (Å²) in [5.74, 6) is -0.637. The van der Waals surface area contributed by atoms with Gasteiger partial charge in [-0.05, 0) is 118 Å². The minimum absolute atomic E-state index is 0.0161. The zero-order chi connectivity index (χ0) is 40.6. The first-order valence-electron chi connectivity index (χ1n) is 20.6. The van der Waals surface area contributed by atoms with E-state index in [1.165, 1.54) is 0 Å². The molecule has 0 bridgehead atoms. The molecule has 21 atom stereocenters. The molecule has 2 saturated heterocycles. The van der Waals surface area contributed by atoms with Crippen LogP contribution in [0.2, 0.25) is 0 Å². The van der Waals surface area contributed by atoms with Crippen LogP contribution < -0.4 is 0 Å². The van der Waals surface area contributed by atoms with Crippen molar-refractivity contribution in [2.45, 2.75) is 185 Å². The Morgan fingerprint density at radius 3 is 1.85 bits per heavy atom. The fraction of sp³-hybridized carbons (Fsp3) is 0.951. The molecular weight excluding hydrogens is 716 g/mol. The predicted molar refractivity (Wildman–Crippen MR) is 198 cm³/mol. The smallest absolute Gasteiger partial charge is 0.187 e. The van der Waals surface area contributed by atoms with Crippen LogP contribution >= 0.6 is 0 Å². The van der Waals surface area contributed by atoms with Crippen LogP contribution in [0.5, 0.6) is 0 Å². The van der Waals surface area contributed by atoms with E-state index in [1.54, 1.807) is 0 Å². The Balaban J connectivity index is 1.36. The molecule has 2 aliphatic heterocycles. The van der Waals surface area contributed by atoms with Gasteiger partial charge in [0, 0.05) is 0 Å². The van der Waals surface area contributed by atoms with Crippen molar-refractivity contribution in [1.29, 1.82) is 0 Å². The van der Waals surface area contributed by atoms with E-state index in [0.29, 0.717) is 44.9 Å². The summed E-state index contributed by atoms with van der Waals surface area (Å²) in [6.07, 6.45) is -9.24. The highest BCUT2D eigenvalue weighted by molar-refractivity contribution is 5.18. The first-order valence-corrected chi connectivity index (χ1v) is 20.6. The molecule has 6 aliphatic rings. The lowest BCUT2D eigenvalue weighted by Crippen LogP contribution is -2.68. The Morgan fingerprint density at radius 2 is 1.27 bits per heavy atom. The van der Waals surface area contributed by atoms with E-state index in [2.05, 4.69) is 19.9 Å². The van der Waals surface area contributed by atoms with E-state index in [9.17, 15) is 51.1 Å². The number of hydrogen-bond acceptors (Lipinski definition) is 14. The highest BCUT2D eigenvalue weighted by Gasteiger charge is 2.70. The fourth-order valence-electron chi connectivity index (χ4n) is 12.9. The van der Waals surface area contributed by atoms with Crippen molar-refractivity contribution in [2.24, 2.45) is 45.8 Å². The van der Waals surface area contributed by atoms with Crippen LogP contribution in [0.3, 0.4) is 0 Å². The summed E-state index contributed by atoms with van der Waals surface area (Å²) in [6.45, 7) is 13.4. The van der Waals surface area contributed by atoms with Gasteiger partial charge in [-0.15, -0.1) is 0 Å². The molecule has 0 aromatic carbocycles. The van der Waals surface area contributed by atoms with E-state index in [-0.39, 0.29) is 29.6 Å². The van der Waals surface area contributed by atoms with Crippen LogP contribution in [0.1, 0.15) is 99.8 Å². The standard InChI is InChI=1S/C41H70O14/c1-19(2)9-8-12-41(7,55-37-34(51)32(49)30(47)26(18-43)54-37)20-10-13-39(5)22-16-24(52-36-33(50)31(48)29(46)25(17-42)53-36)35-38(3,4)27(45)11-14-40(35,6)21(22)15-23(44)28(20)39/h9,20-37,42-51H,8,10-18H2,1-7H3/t20-,21-,22?,23+,24-,25+,26+,27-,28-,29+,30+,31-,32-,33+,34+,35-,36+,37-,39-,40+,41-/m0/s1. The van der Waals surface area contributed by atoms with Crippen molar-refractivity contribution in [1.82, 2.24) is 0 Å². The summed E-state index contributed by atoms with van der Waals surface area (Å²) in [6, 6.07) is 0. The topological polar surface area (TPSA) is 239 Å². The highest BCUT2D eigenvalue weighted by atomic mass is 16.7. The number of allylic oxidation sites excluding steroid dienone is 2. The van der Waals surface area contributed by atoms with Gasteiger partial charge in [-0.1, -0.05) is 39.3 Å². The molecule has 14 nitrogen and oxygen atoms in total. The van der Waals surface area contributed by atoms with Gasteiger partial charge in [-0.25, -0.2) is 0 Å². The zero-order valence-corrected chi connectivity index (χ0v) is 33.6. The molecule has 0 aromatic heterocycles. The largest absolute Gasteiger partial charge is 0.394 e. The maximum absolute atomic E-state index is 12.4. The first-order chi connectivity index (χ1) is 25.7. The van der Waals surface area contributed by atoms with Gasteiger partial charge in [0.2, 0.25) is 0 Å². The molecule has 6 rings (SSSR count). The van der Waals surface area contributed by atoms with Gasteiger partial charge in [0.1, 0.15) is 48.8 Å². The van der Waals surface area contributed by atoms with Crippen LogP contribution in [0.4, 0.5) is 0 Å². The molecule has 14 heteroatoms. The lowest BCUT2D eigenvalue weighted by Gasteiger charge is -2.68. The normalized spacial score (nSPS) is 52.0. The molecule has 0 amide bonds. The number of aliphatic hydroxyl groups is 10. The van der Waals surface area contributed by atoms with Gasteiger partial charge in [-0.2, -0.15) is 0 Å². The number of fused-ring (bicyclic) bond motifs is 5. The van der Waals surface area contributed by atoms with Crippen LogP contribution in [0.15, 0.2) is 11.6 Å². The second-order valence-electron chi connectivity index (χ2n) is 19.6. The van der Waals surface area contributed by atoms with E-state index >= 15 is 0 Å². The zero-order valence-electron chi connectivity index (χ0n) is 33.6. The quantitative estimate of drug-likeness (QED) is 0.109. The third kappa shape index (κ3) is 7.40. The molecular formula is C41H70O14. The summed E-state index contributed by atoms with van der Waals surface area (Å²) in [7, 11) is 0. The molecule has 4 saturated carbocycles. The van der Waals surface area contributed by atoms with Crippen molar-refractivity contribution >= 4 is 0 Å². The average Bonchev–Trinajstić information content (AvgIpc) is 3.50. The molecule has 318 valence electrons. The van der Waals surface area contributed by atoms with E-state index in [0.717, 1.165) is 12.0 Å². The molecule has 2 heterocycles. The molecule has 6 fully saturated rings. The number of rotatable bonds is 10. The first kappa shape index (κ1) is 43.8. The Labute approximate surface area is 325 Å². The predicted octanol–water partition coefficient (Wildman–Crippen LogP) is 0.730. The molecule has 0 radical (unpaired) electrons. The SMILES string of the molecule is CC(C)=CCC[C@](C)(O[C@@H]1O[C@H](CO)[C@@H](O)[C@H](O)[C@H]1O)[C@H]1CC[C@@]2(C)C3C[C@H](O[C@@H]4O[C@H](CO)[C@@H](O)[C@H](O)[C@H]4O)[C@H]4C(C)(C)[C@@H](O)CC[C@]4(C)[C@H]3C[C@@H](O)[C@H]12. The Hall–Kier alpha value is -0.820. The maximum atomic E-state index is 12.4. The summed E-state index contributed by atoms with van der Waals surface area (Å²) in [4.78, 5) is 0. The minimum Gasteiger partial charge on any atom is -0.394 e. The lowest BCUT2D eigenvalue weighted by molar-refractivity contribution is -0.341. The number of hydrogen-bond donors (Lipinski definition) is 10. The molecule has 1 unspecified atom stereocenters. The van der Waals surface area contributed by atoms with Crippen molar-refractivity contribution in [2.75, 3.05) is 13.2 Å². The Morgan fingerprint density at radius 1 is 0.727 bits per heavy atom. The Bertz CT molecular complexity index is 1360. The monoisotopic (exact) mass is 786 g/mol. The van der Waals surface area contributed by atoms with Gasteiger partial charge in [0.05, 0.1) is 37.1 Å². The second-order valence-corrected chi connectivity index (χ2v) is 19.6. The lowest BCUT2D eigenvalue weighted by atomic mass is 9.39. The van der Waals surface area contributed by atoms with Crippen molar-refractivity contribution in [3.63, 3.8) is 0 Å². The van der Waals surface area contributed by atoms with E-state index in [4.69, 9.17) is 18.9 Å². The molecule has 0 aromatic rings. The van der Waals surface area contributed by atoms with Gasteiger partial charge >= 0.3 is 0 Å². The van der Waals surface area contributed by atoms with Gasteiger partial charge in [-0.3, -0.25) is 0 Å². The molecule has 0 spiro atoms. The minimum atomic E-state index is -1.60. The van der Waals surface area contributed by atoms with Gasteiger partial charge in [0.15, 0.2) is 12.6 Å². The molecule has 55 heavy (non-hydrogen) atoms. The second kappa shape index (κ2) is 16.0. The van der Waals surface area contributed by atoms with Crippen LogP contribution in [-0.2, 0) is 18.9 Å². The fourth-order valence-corrected chi connectivity index (χ4v) is 12.9. The van der Waals surface area contributed by atoms with Crippen LogP contribution in [0, 0.1) is 45.8 Å².